The summed E-state index contributed by atoms with van der Waals surface area (Å²) in [6.45, 7) is 5.87. The second-order valence-corrected chi connectivity index (χ2v) is 16.4. The van der Waals surface area contributed by atoms with Gasteiger partial charge in [-0.2, -0.15) is 4.31 Å². The van der Waals surface area contributed by atoms with E-state index in [1.165, 1.54) is 32.0 Å². The van der Waals surface area contributed by atoms with Crippen LogP contribution in [0.15, 0.2) is 53.4 Å². The number of alkyl halides is 1. The number of aliphatic hydroxyl groups excluding tert-OH is 1. The molecular weight excluding hydrogens is 634 g/mol. The second-order valence-electron chi connectivity index (χ2n) is 11.6. The standard InChI is InChI=1S/C29H40ClN3O9S2/c1-19(2)16-33(44(39,40)21-11-12-24-25(14-21)42-18-41-24)17-23(34)22(13-20-9-7-6-8-10-20)31-28(36)27(32-26(35)15-30)29(3,4)43(5,37)38/h6-12,14,19,22-23,27,34H,13,15-18H2,1-5H3,(H,31,36)(H,32,35). The molecule has 1 aliphatic rings. The van der Waals surface area contributed by atoms with E-state index in [1.807, 2.05) is 13.8 Å². The molecule has 1 heterocycles. The number of fused-ring (bicyclic) bond motifs is 1. The van der Waals surface area contributed by atoms with E-state index in [9.17, 15) is 31.5 Å². The molecule has 44 heavy (non-hydrogen) atoms. The fourth-order valence-electron chi connectivity index (χ4n) is 4.59. The zero-order chi connectivity index (χ0) is 32.9. The summed E-state index contributed by atoms with van der Waals surface area (Å²) < 4.78 is 62.9. The van der Waals surface area contributed by atoms with Gasteiger partial charge in [0.25, 0.3) is 0 Å². The third-order valence-electron chi connectivity index (χ3n) is 7.37. The minimum atomic E-state index is -4.15. The molecule has 0 bridgehead atoms. The lowest BCUT2D eigenvalue weighted by Crippen LogP contribution is -2.63. The van der Waals surface area contributed by atoms with Crippen molar-refractivity contribution in [3.8, 4) is 11.5 Å². The van der Waals surface area contributed by atoms with E-state index in [0.29, 0.717) is 5.75 Å². The summed E-state index contributed by atoms with van der Waals surface area (Å²) in [4.78, 5) is 25.8. The number of carbonyl (C=O) groups excluding carboxylic acids is 2. The smallest absolute Gasteiger partial charge is 0.244 e. The third kappa shape index (κ3) is 8.62. The number of nitrogens with zero attached hydrogens (tertiary/aromatic N) is 1. The van der Waals surface area contributed by atoms with Gasteiger partial charge >= 0.3 is 0 Å². The quantitative estimate of drug-likeness (QED) is 0.238. The predicted octanol–water partition coefficient (Wildman–Crippen LogP) is 1.70. The average molecular weight is 674 g/mol. The summed E-state index contributed by atoms with van der Waals surface area (Å²) in [6, 6.07) is 10.5. The van der Waals surface area contributed by atoms with Crippen LogP contribution in [0.4, 0.5) is 0 Å². The predicted molar refractivity (Wildman–Crippen MR) is 166 cm³/mol. The molecule has 0 fully saturated rings. The Morgan fingerprint density at radius 2 is 1.64 bits per heavy atom. The maximum atomic E-state index is 13.8. The van der Waals surface area contributed by atoms with Gasteiger partial charge in [-0.25, -0.2) is 16.8 Å². The number of nitrogens with one attached hydrogen (secondary N) is 2. The first-order chi connectivity index (χ1) is 20.5. The van der Waals surface area contributed by atoms with Gasteiger partial charge in [0.15, 0.2) is 21.3 Å². The number of amides is 2. The van der Waals surface area contributed by atoms with Crippen LogP contribution in [0, 0.1) is 5.92 Å². The highest BCUT2D eigenvalue weighted by molar-refractivity contribution is 7.92. The van der Waals surface area contributed by atoms with Crippen LogP contribution in [-0.2, 0) is 35.9 Å². The summed E-state index contributed by atoms with van der Waals surface area (Å²) in [6.07, 6.45) is -0.434. The zero-order valence-electron chi connectivity index (χ0n) is 25.3. The lowest BCUT2D eigenvalue weighted by atomic mass is 9.98. The number of carbonyl (C=O) groups is 2. The van der Waals surface area contributed by atoms with Crippen molar-refractivity contribution in [2.45, 2.75) is 61.9 Å². The highest BCUT2D eigenvalue weighted by Crippen LogP contribution is 2.35. The Morgan fingerprint density at radius 3 is 2.23 bits per heavy atom. The first-order valence-corrected chi connectivity index (χ1v) is 17.8. The van der Waals surface area contributed by atoms with Crippen LogP contribution in [0.1, 0.15) is 33.3 Å². The average Bonchev–Trinajstić information content (AvgIpc) is 3.42. The number of hydrogen-bond acceptors (Lipinski definition) is 9. The van der Waals surface area contributed by atoms with Gasteiger partial charge in [0, 0.05) is 25.4 Å². The number of aliphatic hydroxyl groups is 1. The highest BCUT2D eigenvalue weighted by atomic mass is 35.5. The van der Waals surface area contributed by atoms with Crippen molar-refractivity contribution in [1.29, 1.82) is 0 Å². The van der Waals surface area contributed by atoms with Gasteiger partial charge in [-0.3, -0.25) is 9.59 Å². The summed E-state index contributed by atoms with van der Waals surface area (Å²) in [7, 11) is -8.04. The first-order valence-electron chi connectivity index (χ1n) is 13.9. The van der Waals surface area contributed by atoms with Crippen molar-refractivity contribution in [2.24, 2.45) is 5.92 Å². The van der Waals surface area contributed by atoms with Gasteiger partial charge in [0.05, 0.1) is 21.8 Å². The Hall–Kier alpha value is -2.91. The number of rotatable bonds is 15. The first kappa shape index (κ1) is 35.6. The van der Waals surface area contributed by atoms with E-state index in [2.05, 4.69) is 10.6 Å². The van der Waals surface area contributed by atoms with Crippen LogP contribution in [0.5, 0.6) is 11.5 Å². The van der Waals surface area contributed by atoms with E-state index < -0.39 is 67.0 Å². The summed E-state index contributed by atoms with van der Waals surface area (Å²) in [5.41, 5.74) is 0.717. The van der Waals surface area contributed by atoms with Crippen molar-refractivity contribution in [3.05, 3.63) is 54.1 Å². The lowest BCUT2D eigenvalue weighted by Gasteiger charge is -2.35. The number of benzene rings is 2. The van der Waals surface area contributed by atoms with Crippen LogP contribution in [0.3, 0.4) is 0 Å². The van der Waals surface area contributed by atoms with Gasteiger partial charge in [-0.15, -0.1) is 11.6 Å². The molecule has 3 N–H and O–H groups in total. The normalized spacial score (nSPS) is 15.6. The van der Waals surface area contributed by atoms with Crippen LogP contribution >= 0.6 is 11.6 Å². The Morgan fingerprint density at radius 1 is 1.00 bits per heavy atom. The molecular formula is C29H40ClN3O9S2. The van der Waals surface area contributed by atoms with E-state index in [1.54, 1.807) is 30.3 Å². The molecule has 0 saturated heterocycles. The number of sulfonamides is 1. The fraction of sp³-hybridized carbons (Fsp3) is 0.517. The monoisotopic (exact) mass is 673 g/mol. The van der Waals surface area contributed by atoms with Gasteiger partial charge in [-0.1, -0.05) is 44.2 Å². The summed E-state index contributed by atoms with van der Waals surface area (Å²) >= 11 is 5.64. The van der Waals surface area contributed by atoms with E-state index in [4.69, 9.17) is 21.1 Å². The molecule has 1 aliphatic heterocycles. The molecule has 2 amide bonds. The molecule has 0 radical (unpaired) electrons. The van der Waals surface area contributed by atoms with Crippen molar-refractivity contribution in [1.82, 2.24) is 14.9 Å². The fourth-order valence-corrected chi connectivity index (χ4v) is 6.90. The van der Waals surface area contributed by atoms with Crippen LogP contribution in [0.25, 0.3) is 0 Å². The van der Waals surface area contributed by atoms with Crippen molar-refractivity contribution >= 4 is 43.3 Å². The number of sulfone groups is 1. The Labute approximate surface area is 264 Å². The van der Waals surface area contributed by atoms with E-state index >= 15 is 0 Å². The van der Waals surface area contributed by atoms with Crippen LogP contribution < -0.4 is 20.1 Å². The summed E-state index contributed by atoms with van der Waals surface area (Å²) in [5, 5.41) is 16.6. The SMILES string of the molecule is CC(C)CN(CC(O)C(Cc1ccccc1)NC(=O)C(NC(=O)CCl)C(C)(C)S(C)(=O)=O)S(=O)(=O)c1ccc2c(c1)OCO2. The molecule has 2 aromatic rings. The molecule has 2 aromatic carbocycles. The molecule has 15 heteroatoms. The van der Waals surface area contributed by atoms with Crippen molar-refractivity contribution < 1.29 is 41.0 Å². The van der Waals surface area contributed by atoms with Crippen molar-refractivity contribution in [2.75, 3.05) is 32.0 Å². The Kier molecular flexibility index (Phi) is 11.7. The molecule has 244 valence electrons. The van der Waals surface area contributed by atoms with Gasteiger partial charge in [0.1, 0.15) is 11.9 Å². The summed E-state index contributed by atoms with van der Waals surface area (Å²) in [5.74, 6) is -1.59. The van der Waals surface area contributed by atoms with E-state index in [0.717, 1.165) is 16.1 Å². The number of halogens is 1. The van der Waals surface area contributed by atoms with Gasteiger partial charge in [-0.05, 0) is 43.9 Å². The molecule has 3 rings (SSSR count). The molecule has 0 aromatic heterocycles. The zero-order valence-corrected chi connectivity index (χ0v) is 27.7. The molecule has 12 nitrogen and oxygen atoms in total. The Bertz CT molecular complexity index is 1530. The lowest BCUT2D eigenvalue weighted by molar-refractivity contribution is -0.129. The Balaban J connectivity index is 1.97. The minimum Gasteiger partial charge on any atom is -0.454 e. The maximum Gasteiger partial charge on any atom is 0.244 e. The topological polar surface area (TPSA) is 168 Å². The molecule has 3 atom stereocenters. The van der Waals surface area contributed by atoms with Gasteiger partial charge < -0.3 is 25.2 Å². The van der Waals surface area contributed by atoms with Crippen molar-refractivity contribution in [3.63, 3.8) is 0 Å². The third-order valence-corrected chi connectivity index (χ3v) is 11.6. The largest absolute Gasteiger partial charge is 0.454 e. The molecule has 0 aliphatic carbocycles. The maximum absolute atomic E-state index is 13.8. The molecule has 0 spiro atoms. The minimum absolute atomic E-state index is 0.0312. The van der Waals surface area contributed by atoms with Gasteiger partial charge in [0.2, 0.25) is 28.6 Å². The number of ether oxygens (including phenoxy) is 2. The molecule has 0 saturated carbocycles. The van der Waals surface area contributed by atoms with Crippen LogP contribution in [-0.4, -0.2) is 93.0 Å². The second kappa shape index (κ2) is 14.5. The number of hydrogen-bond donors (Lipinski definition) is 3. The highest BCUT2D eigenvalue weighted by Gasteiger charge is 2.45. The molecule has 3 unspecified atom stereocenters. The van der Waals surface area contributed by atoms with E-state index in [-0.39, 0.29) is 36.3 Å². The van der Waals surface area contributed by atoms with Crippen LogP contribution in [0.2, 0.25) is 0 Å².